The quantitative estimate of drug-likeness (QED) is 0.560. The van der Waals surface area contributed by atoms with Gasteiger partial charge in [-0.05, 0) is 47.9 Å². The number of urea groups is 1. The van der Waals surface area contributed by atoms with Crippen LogP contribution >= 0.6 is 0 Å². The molecule has 2 N–H and O–H groups in total. The average Bonchev–Trinajstić information content (AvgIpc) is 3.45. The van der Waals surface area contributed by atoms with E-state index in [9.17, 15) is 14.4 Å². The summed E-state index contributed by atoms with van der Waals surface area (Å²) in [5.74, 6) is -0.136. The number of benzene rings is 2. The van der Waals surface area contributed by atoms with Crippen LogP contribution in [0.5, 0.6) is 0 Å². The molecular weight excluding hydrogens is 454 g/mol. The molecule has 3 aromatic rings. The average molecular weight is 482 g/mol. The Balaban J connectivity index is 1.22. The number of carbonyl (C=O) groups excluding carboxylic acids is 3. The summed E-state index contributed by atoms with van der Waals surface area (Å²) in [7, 11) is 1.69. The monoisotopic (exact) mass is 481 g/mol. The summed E-state index contributed by atoms with van der Waals surface area (Å²) >= 11 is 0. The Kier molecular flexibility index (Phi) is 4.19. The van der Waals surface area contributed by atoms with Gasteiger partial charge < -0.3 is 15.1 Å². The third-order valence-electron chi connectivity index (χ3n) is 8.83. The number of likely N-dealkylation sites (N-methyl/N-ethyl adjacent to an activating group) is 1. The molecule has 36 heavy (non-hydrogen) atoms. The Labute approximate surface area is 208 Å². The van der Waals surface area contributed by atoms with Gasteiger partial charge in [0, 0.05) is 60.6 Å². The highest BCUT2D eigenvalue weighted by molar-refractivity contribution is 6.08. The third kappa shape index (κ3) is 2.75. The molecule has 182 valence electrons. The molecule has 0 bridgehead atoms. The fourth-order valence-corrected chi connectivity index (χ4v) is 6.85. The van der Waals surface area contributed by atoms with Gasteiger partial charge in [0.25, 0.3) is 5.91 Å². The predicted molar refractivity (Wildman–Crippen MR) is 136 cm³/mol. The van der Waals surface area contributed by atoms with Crippen LogP contribution in [0.2, 0.25) is 0 Å². The summed E-state index contributed by atoms with van der Waals surface area (Å²) in [6.07, 6.45) is 2.44. The molecule has 1 unspecified atom stereocenters. The summed E-state index contributed by atoms with van der Waals surface area (Å²) < 4.78 is 0. The molecule has 1 aromatic heterocycles. The van der Waals surface area contributed by atoms with Crippen LogP contribution in [0.3, 0.4) is 0 Å². The molecule has 1 aliphatic carbocycles. The van der Waals surface area contributed by atoms with Gasteiger partial charge in [-0.25, -0.2) is 4.79 Å². The van der Waals surface area contributed by atoms with E-state index in [1.54, 1.807) is 11.9 Å². The number of pyridine rings is 1. The summed E-state index contributed by atoms with van der Waals surface area (Å²) in [6, 6.07) is 14.2. The number of aromatic nitrogens is 1. The van der Waals surface area contributed by atoms with E-state index in [1.165, 1.54) is 11.3 Å². The van der Waals surface area contributed by atoms with E-state index in [-0.39, 0.29) is 23.3 Å². The summed E-state index contributed by atoms with van der Waals surface area (Å²) in [4.78, 5) is 46.1. The largest absolute Gasteiger partial charge is 0.364 e. The summed E-state index contributed by atoms with van der Waals surface area (Å²) in [5, 5.41) is 6.55. The first-order valence-electron chi connectivity index (χ1n) is 12.5. The lowest BCUT2D eigenvalue weighted by Crippen LogP contribution is -2.48. The zero-order valence-electron chi connectivity index (χ0n) is 20.4. The van der Waals surface area contributed by atoms with Gasteiger partial charge in [-0.1, -0.05) is 19.1 Å². The van der Waals surface area contributed by atoms with Gasteiger partial charge in [-0.15, -0.1) is 0 Å². The van der Waals surface area contributed by atoms with Crippen molar-refractivity contribution in [2.45, 2.75) is 50.1 Å². The van der Waals surface area contributed by atoms with Crippen LogP contribution in [0.4, 0.5) is 16.2 Å². The number of hydrogen-bond donors (Lipinski definition) is 2. The maximum absolute atomic E-state index is 12.7. The smallest absolute Gasteiger partial charge is 0.324 e. The Morgan fingerprint density at radius 3 is 2.56 bits per heavy atom. The molecule has 7 rings (SSSR count). The number of imide groups is 1. The second kappa shape index (κ2) is 7.06. The van der Waals surface area contributed by atoms with E-state index in [1.807, 2.05) is 12.1 Å². The van der Waals surface area contributed by atoms with Crippen molar-refractivity contribution in [1.29, 1.82) is 0 Å². The minimum atomic E-state index is -0.836. The second-order valence-electron chi connectivity index (χ2n) is 10.7. The van der Waals surface area contributed by atoms with Gasteiger partial charge in [-0.3, -0.25) is 19.9 Å². The van der Waals surface area contributed by atoms with Crippen molar-refractivity contribution >= 4 is 40.1 Å². The number of carbonyl (C=O) groups is 3. The normalized spacial score (nSPS) is 26.0. The van der Waals surface area contributed by atoms with Crippen LogP contribution < -0.4 is 15.5 Å². The Morgan fingerprint density at radius 2 is 1.81 bits per heavy atom. The van der Waals surface area contributed by atoms with Crippen LogP contribution in [0, 0.1) is 0 Å². The van der Waals surface area contributed by atoms with E-state index in [4.69, 9.17) is 4.98 Å². The molecule has 3 aliphatic heterocycles. The third-order valence-corrected chi connectivity index (χ3v) is 8.83. The van der Waals surface area contributed by atoms with Crippen LogP contribution in [0.1, 0.15) is 42.1 Å². The highest BCUT2D eigenvalue weighted by Gasteiger charge is 2.54. The highest BCUT2D eigenvalue weighted by Crippen LogP contribution is 2.51. The fourth-order valence-electron chi connectivity index (χ4n) is 6.85. The van der Waals surface area contributed by atoms with E-state index in [2.05, 4.69) is 52.8 Å². The van der Waals surface area contributed by atoms with Crippen molar-refractivity contribution in [3.63, 3.8) is 0 Å². The van der Waals surface area contributed by atoms with Crippen LogP contribution in [-0.2, 0) is 34.4 Å². The van der Waals surface area contributed by atoms with Crippen molar-refractivity contribution in [1.82, 2.24) is 15.2 Å². The Bertz CT molecular complexity index is 1520. The number of fused-ring (bicyclic) bond motifs is 2. The molecule has 2 atom stereocenters. The lowest BCUT2D eigenvalue weighted by molar-refractivity contribution is -0.125. The predicted octanol–water partition coefficient (Wildman–Crippen LogP) is 3.26. The van der Waals surface area contributed by atoms with Gasteiger partial charge >= 0.3 is 6.03 Å². The number of nitrogens with one attached hydrogen (secondary N) is 2. The van der Waals surface area contributed by atoms with E-state index in [0.29, 0.717) is 25.8 Å². The molecule has 4 aliphatic rings. The maximum Gasteiger partial charge on any atom is 0.324 e. The molecule has 2 aromatic carbocycles. The number of anilines is 2. The van der Waals surface area contributed by atoms with Crippen molar-refractivity contribution in [2.75, 3.05) is 23.8 Å². The standard InChI is InChI=1S/C28H27N5O3/c1-3-27-13-23(34)30-20-5-4-6-22(24(20)27)33(15-27)14-19-8-7-16-9-17-11-28(12-18(17)10-21(16)29-19)25(35)31-26(36)32(28)2/h4-10H,3,11-15H2,1-2H3,(H,30,34)(H,31,35,36)/t27?,28-/m0/s1. The number of rotatable bonds is 3. The second-order valence-corrected chi connectivity index (χ2v) is 10.7. The first-order valence-corrected chi connectivity index (χ1v) is 12.5. The van der Waals surface area contributed by atoms with Crippen LogP contribution in [0.15, 0.2) is 42.5 Å². The minimum Gasteiger partial charge on any atom is -0.364 e. The first kappa shape index (κ1) is 21.4. The Hall–Kier alpha value is -3.94. The SMILES string of the molecule is CCC12CC(=O)Nc3cccc(c31)N(Cc1ccc3cc4c(cc3n1)C[C@@]1(C4)C(=O)NC(=O)N1C)C2. The lowest BCUT2D eigenvalue weighted by Gasteiger charge is -2.33. The van der Waals surface area contributed by atoms with Gasteiger partial charge in [0.2, 0.25) is 5.91 Å². The van der Waals surface area contributed by atoms with Crippen molar-refractivity contribution < 1.29 is 14.4 Å². The van der Waals surface area contributed by atoms with Gasteiger partial charge in [0.1, 0.15) is 5.54 Å². The van der Waals surface area contributed by atoms with E-state index < -0.39 is 5.54 Å². The van der Waals surface area contributed by atoms with E-state index in [0.717, 1.165) is 46.4 Å². The summed E-state index contributed by atoms with van der Waals surface area (Å²) in [5.41, 5.74) is 6.39. The van der Waals surface area contributed by atoms with Crippen molar-refractivity contribution in [2.24, 2.45) is 0 Å². The lowest BCUT2D eigenvalue weighted by atomic mass is 9.74. The molecule has 1 saturated heterocycles. The molecule has 8 nitrogen and oxygen atoms in total. The molecule has 4 heterocycles. The number of amides is 4. The molecule has 0 radical (unpaired) electrons. The highest BCUT2D eigenvalue weighted by atomic mass is 16.2. The molecule has 1 fully saturated rings. The van der Waals surface area contributed by atoms with E-state index >= 15 is 0 Å². The molecule has 8 heteroatoms. The van der Waals surface area contributed by atoms with Crippen molar-refractivity contribution in [3.8, 4) is 0 Å². The zero-order valence-corrected chi connectivity index (χ0v) is 20.4. The van der Waals surface area contributed by atoms with Crippen LogP contribution in [-0.4, -0.2) is 46.9 Å². The fraction of sp³-hybridized carbons (Fsp3) is 0.357. The molecule has 1 spiro atoms. The van der Waals surface area contributed by atoms with Gasteiger partial charge in [0.05, 0.1) is 17.8 Å². The topological polar surface area (TPSA) is 94.6 Å². The van der Waals surface area contributed by atoms with Gasteiger partial charge in [0.15, 0.2) is 0 Å². The van der Waals surface area contributed by atoms with Crippen molar-refractivity contribution in [3.05, 3.63) is 64.8 Å². The minimum absolute atomic E-state index is 0.0853. The number of nitrogens with zero attached hydrogens (tertiary/aromatic N) is 3. The Morgan fingerprint density at radius 1 is 1.00 bits per heavy atom. The molecular formula is C28H27N5O3. The summed E-state index contributed by atoms with van der Waals surface area (Å²) in [6.45, 7) is 3.62. The van der Waals surface area contributed by atoms with Crippen LogP contribution in [0.25, 0.3) is 10.9 Å². The number of hydrogen-bond acceptors (Lipinski definition) is 5. The van der Waals surface area contributed by atoms with Gasteiger partial charge in [-0.2, -0.15) is 0 Å². The zero-order chi connectivity index (χ0) is 24.8. The molecule has 0 saturated carbocycles. The maximum atomic E-state index is 12.7. The first-order chi connectivity index (χ1) is 17.3. The molecule has 4 amide bonds.